The van der Waals surface area contributed by atoms with Crippen LogP contribution in [0, 0.1) is 5.41 Å². The molecule has 112 valence electrons. The van der Waals surface area contributed by atoms with Crippen molar-refractivity contribution in [3.05, 3.63) is 0 Å². The molecule has 1 fully saturated rings. The molecule has 1 amide bonds. The van der Waals surface area contributed by atoms with Gasteiger partial charge < -0.3 is 15.4 Å². The number of rotatable bonds is 9. The number of unbranched alkanes of at least 4 members (excludes halogenated alkanes) is 1. The van der Waals surface area contributed by atoms with Gasteiger partial charge in [0.05, 0.1) is 5.41 Å². The van der Waals surface area contributed by atoms with Crippen molar-refractivity contribution in [2.75, 3.05) is 32.8 Å². The molecule has 0 bridgehead atoms. The van der Waals surface area contributed by atoms with Crippen LogP contribution in [-0.4, -0.2) is 38.8 Å². The lowest BCUT2D eigenvalue weighted by Gasteiger charge is -2.35. The van der Waals surface area contributed by atoms with E-state index >= 15 is 0 Å². The highest BCUT2D eigenvalue weighted by Crippen LogP contribution is 2.32. The Bertz CT molecular complexity index is 251. The largest absolute Gasteiger partial charge is 0.381 e. The zero-order valence-corrected chi connectivity index (χ0v) is 12.6. The minimum Gasteiger partial charge on any atom is -0.381 e. The zero-order chi connectivity index (χ0) is 14.0. The maximum atomic E-state index is 12.3. The highest BCUT2D eigenvalue weighted by molar-refractivity contribution is 5.82. The molecule has 0 spiro atoms. The average Bonchev–Trinajstić information content (AvgIpc) is 2.46. The fourth-order valence-electron chi connectivity index (χ4n) is 2.56. The van der Waals surface area contributed by atoms with Gasteiger partial charge in [0.2, 0.25) is 5.91 Å². The topological polar surface area (TPSA) is 50.4 Å². The number of ether oxygens (including phenoxy) is 1. The summed E-state index contributed by atoms with van der Waals surface area (Å²) in [7, 11) is 0. The Morgan fingerprint density at radius 1 is 1.21 bits per heavy atom. The number of hydrogen-bond donors (Lipinski definition) is 2. The highest BCUT2D eigenvalue weighted by Gasteiger charge is 2.37. The molecule has 4 nitrogen and oxygen atoms in total. The molecule has 1 rings (SSSR count). The van der Waals surface area contributed by atoms with Crippen LogP contribution in [0.2, 0.25) is 0 Å². The number of carbonyl (C=O) groups excluding carboxylic acids is 1. The van der Waals surface area contributed by atoms with Crippen LogP contribution in [0.25, 0.3) is 0 Å². The molecule has 19 heavy (non-hydrogen) atoms. The van der Waals surface area contributed by atoms with Crippen LogP contribution in [0.5, 0.6) is 0 Å². The molecule has 1 heterocycles. The van der Waals surface area contributed by atoms with Crippen molar-refractivity contribution in [3.63, 3.8) is 0 Å². The monoisotopic (exact) mass is 270 g/mol. The van der Waals surface area contributed by atoms with E-state index in [0.717, 1.165) is 65.0 Å². The van der Waals surface area contributed by atoms with Gasteiger partial charge in [-0.2, -0.15) is 0 Å². The van der Waals surface area contributed by atoms with E-state index in [2.05, 4.69) is 24.5 Å². The van der Waals surface area contributed by atoms with Gasteiger partial charge in [-0.05, 0) is 45.2 Å². The summed E-state index contributed by atoms with van der Waals surface area (Å²) in [6, 6.07) is 0. The van der Waals surface area contributed by atoms with Crippen LogP contribution >= 0.6 is 0 Å². The van der Waals surface area contributed by atoms with E-state index in [1.54, 1.807) is 0 Å². The lowest BCUT2D eigenvalue weighted by molar-refractivity contribution is -0.132. The van der Waals surface area contributed by atoms with Crippen molar-refractivity contribution in [1.82, 2.24) is 10.6 Å². The van der Waals surface area contributed by atoms with Crippen molar-refractivity contribution in [3.8, 4) is 0 Å². The summed E-state index contributed by atoms with van der Waals surface area (Å²) < 4.78 is 5.49. The van der Waals surface area contributed by atoms with Crippen molar-refractivity contribution < 1.29 is 9.53 Å². The fourth-order valence-corrected chi connectivity index (χ4v) is 2.56. The molecule has 0 atom stereocenters. The van der Waals surface area contributed by atoms with Crippen LogP contribution in [0.1, 0.15) is 52.4 Å². The molecule has 0 radical (unpaired) electrons. The summed E-state index contributed by atoms with van der Waals surface area (Å²) >= 11 is 0. The predicted octanol–water partition coefficient (Wildman–Crippen LogP) is 2.09. The maximum absolute atomic E-state index is 12.3. The van der Waals surface area contributed by atoms with Gasteiger partial charge >= 0.3 is 0 Å². The summed E-state index contributed by atoms with van der Waals surface area (Å²) in [6.45, 7) is 8.53. The summed E-state index contributed by atoms with van der Waals surface area (Å²) in [5.74, 6) is 0.241. The van der Waals surface area contributed by atoms with Crippen molar-refractivity contribution in [2.45, 2.75) is 52.4 Å². The quantitative estimate of drug-likeness (QED) is 0.631. The number of hydrogen-bond acceptors (Lipinski definition) is 3. The van der Waals surface area contributed by atoms with Gasteiger partial charge in [-0.3, -0.25) is 4.79 Å². The summed E-state index contributed by atoms with van der Waals surface area (Å²) in [4.78, 5) is 12.3. The van der Waals surface area contributed by atoms with Crippen LogP contribution < -0.4 is 10.6 Å². The van der Waals surface area contributed by atoms with Crippen LogP contribution in [-0.2, 0) is 9.53 Å². The highest BCUT2D eigenvalue weighted by atomic mass is 16.5. The first-order valence-corrected chi connectivity index (χ1v) is 7.82. The number of amides is 1. The van der Waals surface area contributed by atoms with E-state index in [0.29, 0.717) is 0 Å². The Morgan fingerprint density at radius 3 is 2.53 bits per heavy atom. The van der Waals surface area contributed by atoms with Crippen molar-refractivity contribution in [1.29, 1.82) is 0 Å². The van der Waals surface area contributed by atoms with E-state index in [-0.39, 0.29) is 11.3 Å². The Hall–Kier alpha value is -0.610. The average molecular weight is 270 g/mol. The number of carbonyl (C=O) groups is 1. The normalized spacial score (nSPS) is 18.2. The maximum Gasteiger partial charge on any atom is 0.226 e. The SMILES string of the molecule is CCCCOCCCNC(=O)C1(CC)CCNCC1. The predicted molar refractivity (Wildman–Crippen MR) is 78.2 cm³/mol. The molecule has 2 N–H and O–H groups in total. The fraction of sp³-hybridized carbons (Fsp3) is 0.933. The van der Waals surface area contributed by atoms with Crippen molar-refractivity contribution >= 4 is 5.91 Å². The Morgan fingerprint density at radius 2 is 1.89 bits per heavy atom. The van der Waals surface area contributed by atoms with Gasteiger partial charge in [0.15, 0.2) is 0 Å². The van der Waals surface area contributed by atoms with Crippen molar-refractivity contribution in [2.24, 2.45) is 5.41 Å². The first kappa shape index (κ1) is 16.4. The van der Waals surface area contributed by atoms with E-state index in [1.807, 2.05) is 0 Å². The lowest BCUT2D eigenvalue weighted by atomic mass is 9.76. The third kappa shape index (κ3) is 5.49. The first-order chi connectivity index (χ1) is 9.25. The van der Waals surface area contributed by atoms with Crippen LogP contribution in [0.3, 0.4) is 0 Å². The van der Waals surface area contributed by atoms with Gasteiger partial charge in [0.25, 0.3) is 0 Å². The van der Waals surface area contributed by atoms with E-state index in [1.165, 1.54) is 6.42 Å². The molecule has 4 heteroatoms. The Kier molecular flexibility index (Phi) is 8.07. The molecule has 1 saturated heterocycles. The van der Waals surface area contributed by atoms with E-state index in [9.17, 15) is 4.79 Å². The molecule has 0 aromatic heterocycles. The summed E-state index contributed by atoms with van der Waals surface area (Å²) in [5, 5.41) is 6.41. The number of piperidine rings is 1. The van der Waals surface area contributed by atoms with Gasteiger partial charge in [-0.25, -0.2) is 0 Å². The molecular formula is C15H30N2O2. The Balaban J connectivity index is 2.15. The minimum atomic E-state index is -0.131. The third-order valence-corrected chi connectivity index (χ3v) is 4.11. The summed E-state index contributed by atoms with van der Waals surface area (Å²) in [5.41, 5.74) is -0.131. The lowest BCUT2D eigenvalue weighted by Crippen LogP contribution is -2.47. The molecule has 0 unspecified atom stereocenters. The molecule has 0 saturated carbocycles. The van der Waals surface area contributed by atoms with Gasteiger partial charge in [0.1, 0.15) is 0 Å². The molecule has 1 aliphatic heterocycles. The van der Waals surface area contributed by atoms with Gasteiger partial charge in [-0.1, -0.05) is 20.3 Å². The Labute approximate surface area is 117 Å². The number of nitrogens with one attached hydrogen (secondary N) is 2. The second kappa shape index (κ2) is 9.32. The molecule has 0 aromatic rings. The molecule has 0 aromatic carbocycles. The molecule has 1 aliphatic rings. The first-order valence-electron chi connectivity index (χ1n) is 7.82. The minimum absolute atomic E-state index is 0.131. The molecular weight excluding hydrogens is 240 g/mol. The van der Waals surface area contributed by atoms with E-state index < -0.39 is 0 Å². The van der Waals surface area contributed by atoms with Gasteiger partial charge in [0, 0.05) is 19.8 Å². The smallest absolute Gasteiger partial charge is 0.226 e. The standard InChI is InChI=1S/C15H30N2O2/c1-3-5-12-19-13-6-9-17-14(18)15(4-2)7-10-16-11-8-15/h16H,3-13H2,1-2H3,(H,17,18). The zero-order valence-electron chi connectivity index (χ0n) is 12.6. The van der Waals surface area contributed by atoms with Gasteiger partial charge in [-0.15, -0.1) is 0 Å². The van der Waals surface area contributed by atoms with Crippen LogP contribution in [0.15, 0.2) is 0 Å². The third-order valence-electron chi connectivity index (χ3n) is 4.11. The van der Waals surface area contributed by atoms with E-state index in [4.69, 9.17) is 4.74 Å². The second-order valence-corrected chi connectivity index (χ2v) is 5.46. The summed E-state index contributed by atoms with van der Waals surface area (Å²) in [6.07, 6.45) is 6.06. The molecule has 0 aliphatic carbocycles. The van der Waals surface area contributed by atoms with Crippen LogP contribution in [0.4, 0.5) is 0 Å². The second-order valence-electron chi connectivity index (χ2n) is 5.46.